The topological polar surface area (TPSA) is 29.5 Å². The van der Waals surface area contributed by atoms with Gasteiger partial charge in [0, 0.05) is 23.1 Å². The number of amides is 1. The Bertz CT molecular complexity index is 489. The van der Waals surface area contributed by atoms with E-state index < -0.39 is 0 Å². The molecule has 0 N–H and O–H groups in total. The molecule has 20 heavy (non-hydrogen) atoms. The van der Waals surface area contributed by atoms with Crippen molar-refractivity contribution >= 4 is 21.8 Å². The van der Waals surface area contributed by atoms with Crippen LogP contribution < -0.4 is 4.74 Å². The second-order valence-electron chi connectivity index (χ2n) is 6.18. The molecule has 0 atom stereocenters. The van der Waals surface area contributed by atoms with E-state index in [1.165, 1.54) is 0 Å². The fourth-order valence-electron chi connectivity index (χ4n) is 2.52. The maximum absolute atomic E-state index is 12.4. The van der Waals surface area contributed by atoms with Gasteiger partial charge in [0.05, 0.1) is 13.5 Å². The van der Waals surface area contributed by atoms with E-state index in [1.807, 2.05) is 23.1 Å². The molecule has 1 amide bonds. The summed E-state index contributed by atoms with van der Waals surface area (Å²) in [6.07, 6.45) is 2.56. The number of halogens is 1. The Kier molecular flexibility index (Phi) is 4.74. The van der Waals surface area contributed by atoms with E-state index in [0.717, 1.165) is 41.7 Å². The average molecular weight is 340 g/mol. The highest BCUT2D eigenvalue weighted by molar-refractivity contribution is 9.10. The first-order valence-corrected chi connectivity index (χ1v) is 7.81. The molecule has 110 valence electrons. The summed E-state index contributed by atoms with van der Waals surface area (Å²) in [4.78, 5) is 14.4. The molecule has 4 heteroatoms. The second-order valence-corrected chi connectivity index (χ2v) is 7.09. The van der Waals surface area contributed by atoms with Gasteiger partial charge in [-0.25, -0.2) is 0 Å². The van der Waals surface area contributed by atoms with Crippen LogP contribution in [0, 0.1) is 5.41 Å². The van der Waals surface area contributed by atoms with Gasteiger partial charge in [-0.2, -0.15) is 0 Å². The molecule has 1 saturated heterocycles. The third-order valence-corrected chi connectivity index (χ3v) is 4.55. The molecule has 1 aliphatic heterocycles. The third kappa shape index (κ3) is 3.75. The highest BCUT2D eigenvalue weighted by Crippen LogP contribution is 2.30. The first-order chi connectivity index (χ1) is 9.41. The number of carbonyl (C=O) groups excluding carboxylic acids is 1. The molecule has 2 rings (SSSR count). The number of benzene rings is 1. The molecule has 1 fully saturated rings. The van der Waals surface area contributed by atoms with Crippen LogP contribution in [0.15, 0.2) is 22.7 Å². The largest absolute Gasteiger partial charge is 0.496 e. The Morgan fingerprint density at radius 3 is 2.60 bits per heavy atom. The number of carbonyl (C=O) groups is 1. The van der Waals surface area contributed by atoms with Crippen molar-refractivity contribution in [1.82, 2.24) is 4.90 Å². The Morgan fingerprint density at radius 2 is 2.00 bits per heavy atom. The normalized spacial score (nSPS) is 17.9. The average Bonchev–Trinajstić information content (AvgIpc) is 2.38. The lowest BCUT2D eigenvalue weighted by Crippen LogP contribution is -2.41. The first-order valence-electron chi connectivity index (χ1n) is 7.01. The van der Waals surface area contributed by atoms with E-state index in [2.05, 4.69) is 29.8 Å². The first kappa shape index (κ1) is 15.4. The van der Waals surface area contributed by atoms with Gasteiger partial charge in [0.25, 0.3) is 0 Å². The number of nitrogens with zero attached hydrogens (tertiary/aromatic N) is 1. The van der Waals surface area contributed by atoms with Crippen molar-refractivity contribution in [2.24, 2.45) is 5.41 Å². The van der Waals surface area contributed by atoms with Gasteiger partial charge in [-0.15, -0.1) is 0 Å². The van der Waals surface area contributed by atoms with Gasteiger partial charge < -0.3 is 9.64 Å². The molecule has 1 heterocycles. The van der Waals surface area contributed by atoms with Crippen LogP contribution in [0.1, 0.15) is 32.3 Å². The zero-order valence-corrected chi connectivity index (χ0v) is 14.0. The van der Waals surface area contributed by atoms with Gasteiger partial charge in [-0.1, -0.05) is 29.8 Å². The lowest BCUT2D eigenvalue weighted by Gasteiger charge is -2.37. The van der Waals surface area contributed by atoms with Gasteiger partial charge in [0.2, 0.25) is 5.91 Å². The summed E-state index contributed by atoms with van der Waals surface area (Å²) in [7, 11) is 1.64. The third-order valence-electron chi connectivity index (χ3n) is 4.05. The number of hydrogen-bond donors (Lipinski definition) is 0. The van der Waals surface area contributed by atoms with Gasteiger partial charge in [-0.05, 0) is 36.5 Å². The van der Waals surface area contributed by atoms with E-state index in [-0.39, 0.29) is 5.91 Å². The predicted octanol–water partition coefficient (Wildman–Crippen LogP) is 3.65. The highest BCUT2D eigenvalue weighted by atomic mass is 79.9. The summed E-state index contributed by atoms with van der Waals surface area (Å²) >= 11 is 3.45. The number of piperidine rings is 1. The molecule has 1 aliphatic rings. The molecular formula is C16H22BrNO2. The van der Waals surface area contributed by atoms with Gasteiger partial charge in [-0.3, -0.25) is 4.79 Å². The van der Waals surface area contributed by atoms with Crippen molar-refractivity contribution < 1.29 is 9.53 Å². The summed E-state index contributed by atoms with van der Waals surface area (Å²) < 4.78 is 6.30. The maximum atomic E-state index is 12.4. The Labute approximate surface area is 129 Å². The summed E-state index contributed by atoms with van der Waals surface area (Å²) in [5, 5.41) is 0. The zero-order valence-electron chi connectivity index (χ0n) is 12.4. The molecule has 0 spiro atoms. The molecule has 0 saturated carbocycles. The molecule has 3 nitrogen and oxygen atoms in total. The number of likely N-dealkylation sites (tertiary alicyclic amines) is 1. The Balaban J connectivity index is 2.03. The fourth-order valence-corrected chi connectivity index (χ4v) is 2.93. The molecule has 0 aliphatic carbocycles. The SMILES string of the molecule is COc1ccc(Br)cc1CC(=O)N1CCC(C)(C)CC1. The minimum absolute atomic E-state index is 0.192. The van der Waals surface area contributed by atoms with Crippen molar-refractivity contribution in [3.8, 4) is 5.75 Å². The molecular weight excluding hydrogens is 318 g/mol. The monoisotopic (exact) mass is 339 g/mol. The lowest BCUT2D eigenvalue weighted by atomic mass is 9.82. The summed E-state index contributed by atoms with van der Waals surface area (Å²) in [5.74, 6) is 0.968. The van der Waals surface area contributed by atoms with E-state index in [1.54, 1.807) is 7.11 Å². The molecule has 0 unspecified atom stereocenters. The molecule has 0 bridgehead atoms. The summed E-state index contributed by atoms with van der Waals surface area (Å²) in [6.45, 7) is 6.27. The van der Waals surface area contributed by atoms with Crippen molar-refractivity contribution in [2.75, 3.05) is 20.2 Å². The van der Waals surface area contributed by atoms with Crippen molar-refractivity contribution in [2.45, 2.75) is 33.1 Å². The van der Waals surface area contributed by atoms with Crippen LogP contribution in [0.5, 0.6) is 5.75 Å². The molecule has 0 aromatic heterocycles. The minimum Gasteiger partial charge on any atom is -0.496 e. The van der Waals surface area contributed by atoms with Crippen molar-refractivity contribution in [3.05, 3.63) is 28.2 Å². The molecule has 0 radical (unpaired) electrons. The van der Waals surface area contributed by atoms with Crippen LogP contribution in [0.2, 0.25) is 0 Å². The van der Waals surface area contributed by atoms with Crippen LogP contribution in [0.4, 0.5) is 0 Å². The van der Waals surface area contributed by atoms with Crippen LogP contribution in [0.3, 0.4) is 0 Å². The standard InChI is InChI=1S/C16H22BrNO2/c1-16(2)6-8-18(9-7-16)15(19)11-12-10-13(17)4-5-14(12)20-3/h4-5,10H,6-9,11H2,1-3H3. The van der Waals surface area contributed by atoms with Crippen molar-refractivity contribution in [3.63, 3.8) is 0 Å². The van der Waals surface area contributed by atoms with Gasteiger partial charge >= 0.3 is 0 Å². The van der Waals surface area contributed by atoms with E-state index in [9.17, 15) is 4.79 Å². The number of methoxy groups -OCH3 is 1. The maximum Gasteiger partial charge on any atom is 0.227 e. The van der Waals surface area contributed by atoms with Crippen LogP contribution >= 0.6 is 15.9 Å². The number of hydrogen-bond acceptors (Lipinski definition) is 2. The lowest BCUT2D eigenvalue weighted by molar-refractivity contribution is -0.132. The van der Waals surface area contributed by atoms with Crippen LogP contribution in [-0.4, -0.2) is 31.0 Å². The van der Waals surface area contributed by atoms with E-state index in [0.29, 0.717) is 11.8 Å². The number of ether oxygens (including phenoxy) is 1. The molecule has 1 aromatic rings. The predicted molar refractivity (Wildman–Crippen MR) is 84.0 cm³/mol. The summed E-state index contributed by atoms with van der Waals surface area (Å²) in [5.41, 5.74) is 1.31. The molecule has 1 aromatic carbocycles. The van der Waals surface area contributed by atoms with Crippen LogP contribution in [0.25, 0.3) is 0 Å². The van der Waals surface area contributed by atoms with E-state index >= 15 is 0 Å². The van der Waals surface area contributed by atoms with Gasteiger partial charge in [0.1, 0.15) is 5.75 Å². The van der Waals surface area contributed by atoms with Crippen molar-refractivity contribution in [1.29, 1.82) is 0 Å². The summed E-state index contributed by atoms with van der Waals surface area (Å²) in [6, 6.07) is 5.78. The number of rotatable bonds is 3. The Morgan fingerprint density at radius 1 is 1.35 bits per heavy atom. The zero-order chi connectivity index (χ0) is 14.8. The highest BCUT2D eigenvalue weighted by Gasteiger charge is 2.28. The Hall–Kier alpha value is -1.03. The van der Waals surface area contributed by atoms with Gasteiger partial charge in [0.15, 0.2) is 0 Å². The van der Waals surface area contributed by atoms with E-state index in [4.69, 9.17) is 4.74 Å². The van der Waals surface area contributed by atoms with Crippen LogP contribution in [-0.2, 0) is 11.2 Å². The quantitative estimate of drug-likeness (QED) is 0.841. The second kappa shape index (κ2) is 6.17. The smallest absolute Gasteiger partial charge is 0.227 e. The fraction of sp³-hybridized carbons (Fsp3) is 0.562. The minimum atomic E-state index is 0.192.